The summed E-state index contributed by atoms with van der Waals surface area (Å²) in [6.45, 7) is 0. The molecule has 3 heteroatoms. The van der Waals surface area contributed by atoms with E-state index in [0.717, 1.165) is 0 Å². The minimum Gasteiger partial charge on any atom is -0.207 e. The predicted molar refractivity (Wildman–Crippen MR) is 51.8 cm³/mol. The fourth-order valence-corrected chi connectivity index (χ4v) is 0.987. The van der Waals surface area contributed by atoms with E-state index in [9.17, 15) is 4.39 Å². The van der Waals surface area contributed by atoms with Crippen LogP contribution in [0.1, 0.15) is 11.1 Å². The Kier molecular flexibility index (Phi) is 3.49. The topological polar surface area (TPSA) is 23.8 Å². The van der Waals surface area contributed by atoms with Crippen molar-refractivity contribution in [3.63, 3.8) is 0 Å². The molecule has 0 aromatic heterocycles. The van der Waals surface area contributed by atoms with Gasteiger partial charge in [-0.2, -0.15) is 5.26 Å². The largest absolute Gasteiger partial charge is 0.207 e. The predicted octanol–water partition coefficient (Wildman–Crippen LogP) is 2.44. The van der Waals surface area contributed by atoms with Crippen molar-refractivity contribution >= 4 is 15.9 Å². The molecule has 1 rings (SSSR count). The first-order valence-electron chi connectivity index (χ1n) is 3.52. The van der Waals surface area contributed by atoms with Gasteiger partial charge in [-0.25, -0.2) is 4.39 Å². The van der Waals surface area contributed by atoms with Gasteiger partial charge in [0, 0.05) is 5.56 Å². The average Bonchev–Trinajstić information content (AvgIpc) is 2.16. The summed E-state index contributed by atoms with van der Waals surface area (Å²) >= 11 is 3.14. The van der Waals surface area contributed by atoms with Gasteiger partial charge in [-0.15, -0.1) is 0 Å². The van der Waals surface area contributed by atoms with Crippen molar-refractivity contribution in [1.82, 2.24) is 0 Å². The van der Waals surface area contributed by atoms with Crippen LogP contribution in [0.4, 0.5) is 4.39 Å². The van der Waals surface area contributed by atoms with Crippen LogP contribution in [0.5, 0.6) is 0 Å². The molecule has 13 heavy (non-hydrogen) atoms. The molecule has 0 radical (unpaired) electrons. The number of rotatable bonds is 0. The van der Waals surface area contributed by atoms with Crippen molar-refractivity contribution in [2.45, 2.75) is 0 Å². The number of hydrogen-bond donors (Lipinski definition) is 0. The van der Waals surface area contributed by atoms with E-state index >= 15 is 0 Å². The smallest absolute Gasteiger partial charge is 0.124 e. The minimum absolute atomic E-state index is 0.272. The van der Waals surface area contributed by atoms with Gasteiger partial charge in [0.25, 0.3) is 0 Å². The molecule has 0 saturated heterocycles. The molecule has 0 aliphatic rings. The summed E-state index contributed by atoms with van der Waals surface area (Å²) < 4.78 is 12.6. The Morgan fingerprint density at radius 1 is 1.38 bits per heavy atom. The fourth-order valence-electron chi connectivity index (χ4n) is 0.847. The van der Waals surface area contributed by atoms with Crippen molar-refractivity contribution in [2.24, 2.45) is 0 Å². The van der Waals surface area contributed by atoms with E-state index in [1.165, 1.54) is 18.2 Å². The van der Waals surface area contributed by atoms with Gasteiger partial charge in [-0.1, -0.05) is 27.8 Å². The van der Waals surface area contributed by atoms with E-state index in [1.54, 1.807) is 0 Å². The third kappa shape index (κ3) is 2.57. The van der Waals surface area contributed by atoms with Gasteiger partial charge in [0.15, 0.2) is 0 Å². The maximum Gasteiger partial charge on any atom is 0.124 e. The lowest BCUT2D eigenvalue weighted by atomic mass is 10.1. The first-order chi connectivity index (χ1) is 6.27. The molecule has 0 N–H and O–H groups in total. The van der Waals surface area contributed by atoms with Crippen LogP contribution in [0.25, 0.3) is 0 Å². The van der Waals surface area contributed by atoms with E-state index in [1.807, 2.05) is 6.07 Å². The second kappa shape index (κ2) is 4.64. The number of alkyl halides is 1. The van der Waals surface area contributed by atoms with Crippen molar-refractivity contribution in [1.29, 1.82) is 5.26 Å². The monoisotopic (exact) mass is 237 g/mol. The molecule has 0 fully saturated rings. The van der Waals surface area contributed by atoms with Gasteiger partial charge in [-0.3, -0.25) is 0 Å². The highest BCUT2D eigenvalue weighted by molar-refractivity contribution is 9.09. The average molecular weight is 238 g/mol. The maximum absolute atomic E-state index is 12.6. The Morgan fingerprint density at radius 2 is 2.15 bits per heavy atom. The maximum atomic E-state index is 12.6. The summed E-state index contributed by atoms with van der Waals surface area (Å²) in [5.41, 5.74) is 0.830. The fraction of sp³-hybridized carbons (Fsp3) is 0.100. The van der Waals surface area contributed by atoms with Gasteiger partial charge in [0.2, 0.25) is 0 Å². The minimum atomic E-state index is -0.416. The van der Waals surface area contributed by atoms with Crippen molar-refractivity contribution < 1.29 is 4.39 Å². The first-order valence-corrected chi connectivity index (χ1v) is 4.64. The molecular formula is C10H5BrFN. The first kappa shape index (κ1) is 9.77. The molecular weight excluding hydrogens is 233 g/mol. The molecule has 1 nitrogen and oxygen atoms in total. The van der Waals surface area contributed by atoms with Gasteiger partial charge >= 0.3 is 0 Å². The zero-order valence-corrected chi connectivity index (χ0v) is 8.23. The number of hydrogen-bond acceptors (Lipinski definition) is 1. The normalized spacial score (nSPS) is 8.38. The van der Waals surface area contributed by atoms with E-state index in [4.69, 9.17) is 5.26 Å². The van der Waals surface area contributed by atoms with E-state index in [2.05, 4.69) is 27.8 Å². The second-order valence-corrected chi connectivity index (χ2v) is 2.80. The molecule has 0 aliphatic heterocycles. The van der Waals surface area contributed by atoms with Crippen LogP contribution >= 0.6 is 15.9 Å². The van der Waals surface area contributed by atoms with Crippen LogP contribution in [0, 0.1) is 29.0 Å². The summed E-state index contributed by atoms with van der Waals surface area (Å²) in [6.07, 6.45) is 0. The van der Waals surface area contributed by atoms with Crippen LogP contribution in [0.3, 0.4) is 0 Å². The van der Waals surface area contributed by atoms with Crippen molar-refractivity contribution in [3.8, 4) is 17.9 Å². The zero-order valence-electron chi connectivity index (χ0n) is 6.64. The lowest BCUT2D eigenvalue weighted by molar-refractivity contribution is 0.627. The molecule has 0 saturated carbocycles. The molecule has 0 unspecified atom stereocenters. The standard InChI is InChI=1S/C10H5BrFN/c11-5-1-2-8-3-4-10(12)6-9(8)7-13/h3-4,6H,5H2. The number of halogens is 2. The highest BCUT2D eigenvalue weighted by atomic mass is 79.9. The van der Waals surface area contributed by atoms with E-state index in [0.29, 0.717) is 10.9 Å². The Morgan fingerprint density at radius 3 is 2.77 bits per heavy atom. The molecule has 0 aliphatic carbocycles. The number of nitriles is 1. The van der Waals surface area contributed by atoms with Crippen LogP contribution < -0.4 is 0 Å². The highest BCUT2D eigenvalue weighted by Crippen LogP contribution is 2.08. The van der Waals surface area contributed by atoms with Crippen molar-refractivity contribution in [3.05, 3.63) is 35.1 Å². The number of nitrogens with zero attached hydrogens (tertiary/aromatic N) is 1. The molecule has 0 spiro atoms. The molecule has 1 aromatic rings. The summed E-state index contributed by atoms with van der Waals surface area (Å²) in [7, 11) is 0. The molecule has 0 atom stereocenters. The van der Waals surface area contributed by atoms with Crippen LogP contribution in [0.15, 0.2) is 18.2 Å². The summed E-state index contributed by atoms with van der Waals surface area (Å²) in [6, 6.07) is 5.86. The molecule has 1 aromatic carbocycles. The molecule has 64 valence electrons. The summed E-state index contributed by atoms with van der Waals surface area (Å²) in [4.78, 5) is 0. The zero-order chi connectivity index (χ0) is 9.68. The van der Waals surface area contributed by atoms with E-state index in [-0.39, 0.29) is 5.56 Å². The lowest BCUT2D eigenvalue weighted by Gasteiger charge is -1.93. The van der Waals surface area contributed by atoms with Gasteiger partial charge in [-0.05, 0) is 18.2 Å². The third-order valence-electron chi connectivity index (χ3n) is 1.39. The Hall–Kier alpha value is -1.32. The molecule has 0 bridgehead atoms. The Bertz CT molecular complexity index is 409. The van der Waals surface area contributed by atoms with Crippen LogP contribution in [-0.2, 0) is 0 Å². The van der Waals surface area contributed by atoms with Gasteiger partial charge in [0.05, 0.1) is 10.9 Å². The van der Waals surface area contributed by atoms with Gasteiger partial charge < -0.3 is 0 Å². The number of benzene rings is 1. The molecule has 0 heterocycles. The SMILES string of the molecule is N#Cc1cc(F)ccc1C#CCBr. The van der Waals surface area contributed by atoms with Crippen LogP contribution in [-0.4, -0.2) is 5.33 Å². The summed E-state index contributed by atoms with van der Waals surface area (Å²) in [5.74, 6) is 5.09. The van der Waals surface area contributed by atoms with Gasteiger partial charge in [0.1, 0.15) is 11.9 Å². The Balaban J connectivity index is 3.16. The Labute approximate surface area is 84.3 Å². The van der Waals surface area contributed by atoms with Crippen LogP contribution in [0.2, 0.25) is 0 Å². The highest BCUT2D eigenvalue weighted by Gasteiger charge is 1.99. The molecule has 0 amide bonds. The second-order valence-electron chi connectivity index (χ2n) is 2.24. The third-order valence-corrected chi connectivity index (χ3v) is 1.67. The quantitative estimate of drug-likeness (QED) is 0.503. The lowest BCUT2D eigenvalue weighted by Crippen LogP contribution is -1.85. The van der Waals surface area contributed by atoms with E-state index < -0.39 is 5.82 Å². The van der Waals surface area contributed by atoms with Crippen molar-refractivity contribution in [2.75, 3.05) is 5.33 Å². The summed E-state index contributed by atoms with van der Waals surface area (Å²) in [5, 5.41) is 9.18.